The standard InChI is InChI=1S/C18H21N3/c1-3-19-18(15-12-20-21(4-2)13-15)17-11-7-9-14-8-5-6-10-16(14)17/h5-13,18-19H,3-4H2,1-2H3. The van der Waals surface area contributed by atoms with E-state index in [2.05, 4.69) is 72.9 Å². The van der Waals surface area contributed by atoms with Gasteiger partial charge in [-0.05, 0) is 29.8 Å². The zero-order chi connectivity index (χ0) is 14.7. The van der Waals surface area contributed by atoms with Gasteiger partial charge in [-0.25, -0.2) is 0 Å². The predicted octanol–water partition coefficient (Wildman–Crippen LogP) is 3.76. The van der Waals surface area contributed by atoms with Crippen LogP contribution in [-0.4, -0.2) is 16.3 Å². The van der Waals surface area contributed by atoms with Crippen molar-refractivity contribution in [2.24, 2.45) is 0 Å². The van der Waals surface area contributed by atoms with Gasteiger partial charge in [0.25, 0.3) is 0 Å². The Balaban J connectivity index is 2.11. The van der Waals surface area contributed by atoms with E-state index in [1.165, 1.54) is 21.9 Å². The van der Waals surface area contributed by atoms with Gasteiger partial charge in [-0.15, -0.1) is 0 Å². The normalized spacial score (nSPS) is 12.7. The van der Waals surface area contributed by atoms with E-state index in [-0.39, 0.29) is 6.04 Å². The van der Waals surface area contributed by atoms with Gasteiger partial charge >= 0.3 is 0 Å². The summed E-state index contributed by atoms with van der Waals surface area (Å²) in [6.45, 7) is 6.07. The molecule has 1 N–H and O–H groups in total. The van der Waals surface area contributed by atoms with E-state index in [0.717, 1.165) is 13.1 Å². The molecule has 1 heterocycles. The minimum Gasteiger partial charge on any atom is -0.306 e. The molecule has 0 spiro atoms. The highest BCUT2D eigenvalue weighted by atomic mass is 15.3. The van der Waals surface area contributed by atoms with Crippen LogP contribution in [0, 0.1) is 0 Å². The maximum Gasteiger partial charge on any atom is 0.0613 e. The summed E-state index contributed by atoms with van der Waals surface area (Å²) in [5.74, 6) is 0. The summed E-state index contributed by atoms with van der Waals surface area (Å²) in [4.78, 5) is 0. The van der Waals surface area contributed by atoms with Gasteiger partial charge in [0.15, 0.2) is 0 Å². The number of hydrogen-bond acceptors (Lipinski definition) is 2. The van der Waals surface area contributed by atoms with Crippen molar-refractivity contribution in [1.82, 2.24) is 15.1 Å². The van der Waals surface area contributed by atoms with E-state index >= 15 is 0 Å². The average molecular weight is 279 g/mol. The third-order valence-electron chi connectivity index (χ3n) is 3.85. The van der Waals surface area contributed by atoms with Crippen molar-refractivity contribution in [1.29, 1.82) is 0 Å². The van der Waals surface area contributed by atoms with Crippen LogP contribution in [0.4, 0.5) is 0 Å². The SMILES string of the molecule is CCNC(c1cnn(CC)c1)c1cccc2ccccc12. The van der Waals surface area contributed by atoms with Crippen molar-refractivity contribution >= 4 is 10.8 Å². The molecule has 0 aliphatic carbocycles. The first-order valence-electron chi connectivity index (χ1n) is 7.57. The zero-order valence-corrected chi connectivity index (χ0v) is 12.6. The Morgan fingerprint density at radius 3 is 2.67 bits per heavy atom. The Morgan fingerprint density at radius 1 is 1.10 bits per heavy atom. The van der Waals surface area contributed by atoms with Crippen molar-refractivity contribution in [3.05, 3.63) is 66.0 Å². The van der Waals surface area contributed by atoms with Crippen molar-refractivity contribution in [3.8, 4) is 0 Å². The average Bonchev–Trinajstić information content (AvgIpc) is 3.01. The fraction of sp³-hybridized carbons (Fsp3) is 0.278. The highest BCUT2D eigenvalue weighted by Crippen LogP contribution is 2.28. The second-order valence-corrected chi connectivity index (χ2v) is 5.19. The minimum atomic E-state index is 0.182. The number of rotatable bonds is 5. The van der Waals surface area contributed by atoms with Crippen molar-refractivity contribution < 1.29 is 0 Å². The van der Waals surface area contributed by atoms with Crippen LogP contribution >= 0.6 is 0 Å². The predicted molar refractivity (Wildman–Crippen MR) is 87.4 cm³/mol. The second-order valence-electron chi connectivity index (χ2n) is 5.19. The lowest BCUT2D eigenvalue weighted by atomic mass is 9.95. The zero-order valence-electron chi connectivity index (χ0n) is 12.6. The van der Waals surface area contributed by atoms with Crippen LogP contribution in [0.5, 0.6) is 0 Å². The molecular formula is C18H21N3. The first kappa shape index (κ1) is 13.8. The summed E-state index contributed by atoms with van der Waals surface area (Å²) in [5.41, 5.74) is 2.53. The number of aryl methyl sites for hydroxylation is 1. The molecule has 1 unspecified atom stereocenters. The second kappa shape index (κ2) is 6.10. The van der Waals surface area contributed by atoms with Gasteiger partial charge in [-0.2, -0.15) is 5.10 Å². The summed E-state index contributed by atoms with van der Waals surface area (Å²) in [6, 6.07) is 15.2. The Hall–Kier alpha value is -2.13. The number of aromatic nitrogens is 2. The van der Waals surface area contributed by atoms with Crippen LogP contribution in [0.25, 0.3) is 10.8 Å². The molecule has 1 aromatic heterocycles. The molecule has 0 aliphatic heterocycles. The van der Waals surface area contributed by atoms with E-state index in [1.54, 1.807) is 0 Å². The van der Waals surface area contributed by atoms with Gasteiger partial charge in [-0.3, -0.25) is 4.68 Å². The van der Waals surface area contributed by atoms with Crippen LogP contribution in [0.15, 0.2) is 54.9 Å². The maximum atomic E-state index is 4.42. The molecular weight excluding hydrogens is 258 g/mol. The Kier molecular flexibility index (Phi) is 4.02. The molecule has 0 aliphatic rings. The minimum absolute atomic E-state index is 0.182. The van der Waals surface area contributed by atoms with Gasteiger partial charge in [0.2, 0.25) is 0 Å². The smallest absolute Gasteiger partial charge is 0.0613 e. The molecule has 0 bridgehead atoms. The fourth-order valence-electron chi connectivity index (χ4n) is 2.82. The summed E-state index contributed by atoms with van der Waals surface area (Å²) in [6.07, 6.45) is 4.10. The summed E-state index contributed by atoms with van der Waals surface area (Å²) < 4.78 is 1.98. The third kappa shape index (κ3) is 2.69. The van der Waals surface area contributed by atoms with Crippen LogP contribution in [0.3, 0.4) is 0 Å². The largest absolute Gasteiger partial charge is 0.306 e. The lowest BCUT2D eigenvalue weighted by Gasteiger charge is -2.19. The number of hydrogen-bond donors (Lipinski definition) is 1. The van der Waals surface area contributed by atoms with E-state index in [1.807, 2.05) is 10.9 Å². The van der Waals surface area contributed by atoms with E-state index < -0.39 is 0 Å². The van der Waals surface area contributed by atoms with Crippen LogP contribution in [-0.2, 0) is 6.54 Å². The molecule has 21 heavy (non-hydrogen) atoms. The van der Waals surface area contributed by atoms with Crippen molar-refractivity contribution in [3.63, 3.8) is 0 Å². The first-order valence-corrected chi connectivity index (χ1v) is 7.57. The molecule has 3 aromatic rings. The molecule has 1 atom stereocenters. The summed E-state index contributed by atoms with van der Waals surface area (Å²) >= 11 is 0. The molecule has 0 radical (unpaired) electrons. The van der Waals surface area contributed by atoms with Gasteiger partial charge in [0.05, 0.1) is 12.2 Å². The molecule has 3 nitrogen and oxygen atoms in total. The number of fused-ring (bicyclic) bond motifs is 1. The summed E-state index contributed by atoms with van der Waals surface area (Å²) in [7, 11) is 0. The van der Waals surface area contributed by atoms with Crippen molar-refractivity contribution in [2.45, 2.75) is 26.4 Å². The van der Waals surface area contributed by atoms with Gasteiger partial charge < -0.3 is 5.32 Å². The van der Waals surface area contributed by atoms with Crippen molar-refractivity contribution in [2.75, 3.05) is 6.54 Å². The molecule has 0 fully saturated rings. The molecule has 108 valence electrons. The maximum absolute atomic E-state index is 4.42. The Labute approximate surface area is 125 Å². The van der Waals surface area contributed by atoms with Crippen LogP contribution in [0.1, 0.15) is 31.0 Å². The molecule has 3 heteroatoms. The van der Waals surface area contributed by atoms with Gasteiger partial charge in [0, 0.05) is 18.3 Å². The molecule has 0 saturated carbocycles. The number of benzene rings is 2. The topological polar surface area (TPSA) is 29.9 Å². The Morgan fingerprint density at radius 2 is 1.90 bits per heavy atom. The highest BCUT2D eigenvalue weighted by molar-refractivity contribution is 5.86. The Bertz CT molecular complexity index is 725. The quantitative estimate of drug-likeness (QED) is 0.770. The fourth-order valence-corrected chi connectivity index (χ4v) is 2.82. The molecule has 3 rings (SSSR count). The molecule has 2 aromatic carbocycles. The number of nitrogens with zero attached hydrogens (tertiary/aromatic N) is 2. The monoisotopic (exact) mass is 279 g/mol. The molecule has 0 saturated heterocycles. The van der Waals surface area contributed by atoms with E-state index in [9.17, 15) is 0 Å². The first-order chi connectivity index (χ1) is 10.3. The highest BCUT2D eigenvalue weighted by Gasteiger charge is 2.17. The van der Waals surface area contributed by atoms with Crippen LogP contribution in [0.2, 0.25) is 0 Å². The lowest BCUT2D eigenvalue weighted by Crippen LogP contribution is -2.21. The van der Waals surface area contributed by atoms with E-state index in [0.29, 0.717) is 0 Å². The van der Waals surface area contributed by atoms with Crippen LogP contribution < -0.4 is 5.32 Å². The third-order valence-corrected chi connectivity index (χ3v) is 3.85. The lowest BCUT2D eigenvalue weighted by molar-refractivity contribution is 0.628. The van der Waals surface area contributed by atoms with Gasteiger partial charge in [-0.1, -0.05) is 49.4 Å². The van der Waals surface area contributed by atoms with Gasteiger partial charge in [0.1, 0.15) is 0 Å². The summed E-state index contributed by atoms with van der Waals surface area (Å²) in [5, 5.41) is 10.6. The van der Waals surface area contributed by atoms with E-state index in [4.69, 9.17) is 0 Å². The molecule has 0 amide bonds. The number of nitrogens with one attached hydrogen (secondary N) is 1.